The molecule has 1 saturated heterocycles. The molecule has 1 aliphatic heterocycles. The Bertz CT molecular complexity index is 142. The van der Waals surface area contributed by atoms with Crippen molar-refractivity contribution in [3.8, 4) is 0 Å². The van der Waals surface area contributed by atoms with Gasteiger partial charge < -0.3 is 4.90 Å². The van der Waals surface area contributed by atoms with Crippen LogP contribution < -0.4 is 0 Å². The molecule has 0 radical (unpaired) electrons. The van der Waals surface area contributed by atoms with E-state index in [2.05, 4.69) is 31.4 Å². The van der Waals surface area contributed by atoms with Crippen LogP contribution >= 0.6 is 0 Å². The summed E-state index contributed by atoms with van der Waals surface area (Å²) in [4.78, 5) is 2.53. The molecule has 2 atom stereocenters. The fourth-order valence-electron chi connectivity index (χ4n) is 2.16. The lowest BCUT2D eigenvalue weighted by atomic mass is 9.84. The molecule has 1 aliphatic rings. The highest BCUT2D eigenvalue weighted by Crippen LogP contribution is 2.26. The molecule has 1 heteroatoms. The third-order valence-electron chi connectivity index (χ3n) is 3.16. The van der Waals surface area contributed by atoms with Gasteiger partial charge in [-0.2, -0.15) is 0 Å². The van der Waals surface area contributed by atoms with Gasteiger partial charge in [0.2, 0.25) is 0 Å². The Hall–Kier alpha value is -0.300. The minimum Gasteiger partial charge on any atom is -0.303 e. The summed E-state index contributed by atoms with van der Waals surface area (Å²) in [6.45, 7) is 12.2. The van der Waals surface area contributed by atoms with E-state index < -0.39 is 0 Å². The molecule has 2 unspecified atom stereocenters. The highest BCUT2D eigenvalue weighted by molar-refractivity contribution is 4.89. The van der Waals surface area contributed by atoms with Crippen molar-refractivity contribution < 1.29 is 0 Å². The number of nitrogens with zero attached hydrogens (tertiary/aromatic N) is 1. The first kappa shape index (κ1) is 9.79. The molecule has 12 heavy (non-hydrogen) atoms. The van der Waals surface area contributed by atoms with Crippen molar-refractivity contribution in [1.82, 2.24) is 4.90 Å². The predicted octanol–water partition coefficient (Wildman–Crippen LogP) is 2.54. The SMILES string of the molecule is C=CC1CN(CC)CCC1CC. The van der Waals surface area contributed by atoms with Gasteiger partial charge in [-0.05, 0) is 31.3 Å². The van der Waals surface area contributed by atoms with E-state index in [1.807, 2.05) is 0 Å². The quantitative estimate of drug-likeness (QED) is 0.584. The molecule has 0 saturated carbocycles. The number of piperidine rings is 1. The van der Waals surface area contributed by atoms with Crippen LogP contribution in [0.25, 0.3) is 0 Å². The Morgan fingerprint density at radius 3 is 2.75 bits per heavy atom. The second-order valence-corrected chi connectivity index (χ2v) is 3.75. The van der Waals surface area contributed by atoms with Gasteiger partial charge in [-0.1, -0.05) is 26.3 Å². The van der Waals surface area contributed by atoms with Crippen LogP contribution in [0.15, 0.2) is 12.7 Å². The normalized spacial score (nSPS) is 31.8. The summed E-state index contributed by atoms with van der Waals surface area (Å²) in [7, 11) is 0. The van der Waals surface area contributed by atoms with E-state index in [-0.39, 0.29) is 0 Å². The van der Waals surface area contributed by atoms with Gasteiger partial charge in [0.1, 0.15) is 0 Å². The van der Waals surface area contributed by atoms with Crippen LogP contribution in [0.5, 0.6) is 0 Å². The smallest absolute Gasteiger partial charge is 0.00468 e. The van der Waals surface area contributed by atoms with Crippen LogP contribution in [0, 0.1) is 11.8 Å². The van der Waals surface area contributed by atoms with Crippen molar-refractivity contribution in [2.24, 2.45) is 11.8 Å². The summed E-state index contributed by atoms with van der Waals surface area (Å²) in [5, 5.41) is 0. The third kappa shape index (κ3) is 2.10. The minimum atomic E-state index is 0.740. The van der Waals surface area contributed by atoms with Crippen LogP contribution in [-0.2, 0) is 0 Å². The van der Waals surface area contributed by atoms with Crippen molar-refractivity contribution in [2.75, 3.05) is 19.6 Å². The van der Waals surface area contributed by atoms with Crippen LogP contribution in [0.4, 0.5) is 0 Å². The maximum absolute atomic E-state index is 3.92. The van der Waals surface area contributed by atoms with E-state index in [9.17, 15) is 0 Å². The summed E-state index contributed by atoms with van der Waals surface area (Å²) < 4.78 is 0. The molecule has 1 heterocycles. The maximum Gasteiger partial charge on any atom is 0.00468 e. The summed E-state index contributed by atoms with van der Waals surface area (Å²) in [6.07, 6.45) is 4.82. The van der Waals surface area contributed by atoms with Gasteiger partial charge in [0.25, 0.3) is 0 Å². The molecule has 1 nitrogen and oxygen atoms in total. The first-order chi connectivity index (χ1) is 5.81. The molecule has 0 aromatic heterocycles. The van der Waals surface area contributed by atoms with E-state index in [1.165, 1.54) is 32.5 Å². The van der Waals surface area contributed by atoms with E-state index in [1.54, 1.807) is 0 Å². The average molecular weight is 167 g/mol. The third-order valence-corrected chi connectivity index (χ3v) is 3.16. The molecule has 0 bridgehead atoms. The Labute approximate surface area is 76.5 Å². The fourth-order valence-corrected chi connectivity index (χ4v) is 2.16. The molecule has 1 fully saturated rings. The van der Waals surface area contributed by atoms with E-state index in [0.29, 0.717) is 0 Å². The van der Waals surface area contributed by atoms with Crippen molar-refractivity contribution >= 4 is 0 Å². The zero-order valence-corrected chi connectivity index (χ0v) is 8.42. The first-order valence-electron chi connectivity index (χ1n) is 5.16. The van der Waals surface area contributed by atoms with Gasteiger partial charge in [0.15, 0.2) is 0 Å². The molecular weight excluding hydrogens is 146 g/mol. The van der Waals surface area contributed by atoms with E-state index in [4.69, 9.17) is 0 Å². The molecule has 0 aromatic rings. The monoisotopic (exact) mass is 167 g/mol. The summed E-state index contributed by atoms with van der Waals surface area (Å²) in [5.74, 6) is 1.63. The summed E-state index contributed by atoms with van der Waals surface area (Å²) in [6, 6.07) is 0. The van der Waals surface area contributed by atoms with Gasteiger partial charge in [-0.25, -0.2) is 0 Å². The highest BCUT2D eigenvalue weighted by atomic mass is 15.1. The van der Waals surface area contributed by atoms with Gasteiger partial charge >= 0.3 is 0 Å². The molecule has 0 amide bonds. The molecule has 0 spiro atoms. The Kier molecular flexibility index (Phi) is 3.80. The molecular formula is C11H21N. The number of hydrogen-bond donors (Lipinski definition) is 0. The number of rotatable bonds is 3. The molecule has 0 N–H and O–H groups in total. The lowest BCUT2D eigenvalue weighted by Crippen LogP contribution is -2.39. The van der Waals surface area contributed by atoms with Crippen LogP contribution in [-0.4, -0.2) is 24.5 Å². The first-order valence-corrected chi connectivity index (χ1v) is 5.16. The van der Waals surface area contributed by atoms with Gasteiger partial charge in [-0.3, -0.25) is 0 Å². The van der Waals surface area contributed by atoms with Crippen LogP contribution in [0.3, 0.4) is 0 Å². The summed E-state index contributed by atoms with van der Waals surface area (Å²) in [5.41, 5.74) is 0. The molecule has 0 aromatic carbocycles. The zero-order valence-electron chi connectivity index (χ0n) is 8.42. The Morgan fingerprint density at radius 2 is 2.25 bits per heavy atom. The molecule has 1 rings (SSSR count). The predicted molar refractivity (Wildman–Crippen MR) is 54.2 cm³/mol. The fraction of sp³-hybridized carbons (Fsp3) is 0.818. The summed E-state index contributed by atoms with van der Waals surface area (Å²) >= 11 is 0. The lowest BCUT2D eigenvalue weighted by Gasteiger charge is -2.36. The van der Waals surface area contributed by atoms with Crippen LogP contribution in [0.1, 0.15) is 26.7 Å². The van der Waals surface area contributed by atoms with E-state index >= 15 is 0 Å². The van der Waals surface area contributed by atoms with Crippen molar-refractivity contribution in [1.29, 1.82) is 0 Å². The minimum absolute atomic E-state index is 0.740. The zero-order chi connectivity index (χ0) is 8.97. The second-order valence-electron chi connectivity index (χ2n) is 3.75. The largest absolute Gasteiger partial charge is 0.303 e. The topological polar surface area (TPSA) is 3.24 Å². The molecule has 70 valence electrons. The second kappa shape index (κ2) is 4.66. The standard InChI is InChI=1S/C11H21N/c1-4-10-7-8-12(6-3)9-11(10)5-2/h5,10-11H,2,4,6-9H2,1,3H3. The van der Waals surface area contributed by atoms with Crippen molar-refractivity contribution in [3.05, 3.63) is 12.7 Å². The van der Waals surface area contributed by atoms with Crippen molar-refractivity contribution in [2.45, 2.75) is 26.7 Å². The average Bonchev–Trinajstić information content (AvgIpc) is 2.16. The number of hydrogen-bond acceptors (Lipinski definition) is 1. The molecule has 0 aliphatic carbocycles. The van der Waals surface area contributed by atoms with Crippen LogP contribution in [0.2, 0.25) is 0 Å². The van der Waals surface area contributed by atoms with Crippen molar-refractivity contribution in [3.63, 3.8) is 0 Å². The number of likely N-dealkylation sites (tertiary alicyclic amines) is 1. The van der Waals surface area contributed by atoms with E-state index in [0.717, 1.165) is 11.8 Å². The van der Waals surface area contributed by atoms with Gasteiger partial charge in [0.05, 0.1) is 0 Å². The highest BCUT2D eigenvalue weighted by Gasteiger charge is 2.24. The van der Waals surface area contributed by atoms with Gasteiger partial charge in [0, 0.05) is 6.54 Å². The Balaban J connectivity index is 2.47. The van der Waals surface area contributed by atoms with Gasteiger partial charge in [-0.15, -0.1) is 6.58 Å². The lowest BCUT2D eigenvalue weighted by molar-refractivity contribution is 0.148. The maximum atomic E-state index is 3.92. The Morgan fingerprint density at radius 1 is 1.50 bits per heavy atom.